The van der Waals surface area contributed by atoms with Crippen LogP contribution in [0.15, 0.2) is 12.2 Å². The van der Waals surface area contributed by atoms with Gasteiger partial charge in [-0.25, -0.2) is 0 Å². The molecule has 0 aromatic rings. The lowest BCUT2D eigenvalue weighted by molar-refractivity contribution is -0.160. The Morgan fingerprint density at radius 1 is 1.18 bits per heavy atom. The van der Waals surface area contributed by atoms with Gasteiger partial charge in [0.15, 0.2) is 0 Å². The third-order valence-corrected chi connectivity index (χ3v) is 2.97. The van der Waals surface area contributed by atoms with E-state index in [-0.39, 0.29) is 17.9 Å². The summed E-state index contributed by atoms with van der Waals surface area (Å²) in [5.41, 5.74) is 0. The first-order valence-electron chi connectivity index (χ1n) is 6.11. The minimum atomic E-state index is -0.502. The fourth-order valence-corrected chi connectivity index (χ4v) is 2.14. The number of rotatable bonds is 4. The summed E-state index contributed by atoms with van der Waals surface area (Å²) in [6.45, 7) is 6.14. The molecule has 0 bridgehead atoms. The molecule has 4 heteroatoms. The molecule has 0 spiro atoms. The maximum absolute atomic E-state index is 11.9. The summed E-state index contributed by atoms with van der Waals surface area (Å²) >= 11 is 0. The van der Waals surface area contributed by atoms with Gasteiger partial charge in [-0.3, -0.25) is 9.59 Å². The van der Waals surface area contributed by atoms with Gasteiger partial charge in [0, 0.05) is 0 Å². The molecule has 0 heterocycles. The van der Waals surface area contributed by atoms with E-state index in [9.17, 15) is 9.59 Å². The topological polar surface area (TPSA) is 52.6 Å². The lowest BCUT2D eigenvalue weighted by atomic mass is 9.77. The molecule has 1 aliphatic carbocycles. The number of carbonyl (C=O) groups excluding carboxylic acids is 2. The minimum Gasteiger partial charge on any atom is -0.466 e. The van der Waals surface area contributed by atoms with Crippen molar-refractivity contribution in [3.63, 3.8) is 0 Å². The van der Waals surface area contributed by atoms with Crippen molar-refractivity contribution in [2.45, 2.75) is 27.2 Å². The maximum atomic E-state index is 11.9. The Balaban J connectivity index is 2.83. The molecule has 3 unspecified atom stereocenters. The van der Waals surface area contributed by atoms with Crippen LogP contribution in [0.1, 0.15) is 27.2 Å². The van der Waals surface area contributed by atoms with E-state index in [2.05, 4.69) is 0 Å². The average Bonchev–Trinajstić information content (AvgIpc) is 2.29. The van der Waals surface area contributed by atoms with Crippen LogP contribution in [-0.2, 0) is 19.1 Å². The van der Waals surface area contributed by atoms with Crippen molar-refractivity contribution in [3.05, 3.63) is 12.2 Å². The second-order valence-corrected chi connectivity index (χ2v) is 4.20. The molecular weight excluding hydrogens is 220 g/mol. The SMILES string of the molecule is CCOC(=O)C1C=CCC(C)C1C(=O)OCC. The van der Waals surface area contributed by atoms with Crippen LogP contribution in [0.2, 0.25) is 0 Å². The molecular formula is C13H20O4. The molecule has 1 aliphatic rings. The number of hydrogen-bond acceptors (Lipinski definition) is 4. The molecule has 0 radical (unpaired) electrons. The Kier molecular flexibility index (Phi) is 5.19. The van der Waals surface area contributed by atoms with E-state index in [0.717, 1.165) is 6.42 Å². The van der Waals surface area contributed by atoms with Gasteiger partial charge in [-0.1, -0.05) is 19.1 Å². The van der Waals surface area contributed by atoms with E-state index in [4.69, 9.17) is 9.47 Å². The van der Waals surface area contributed by atoms with Gasteiger partial charge < -0.3 is 9.47 Å². The summed E-state index contributed by atoms with van der Waals surface area (Å²) in [5, 5.41) is 0. The third-order valence-electron chi connectivity index (χ3n) is 2.97. The van der Waals surface area contributed by atoms with Gasteiger partial charge in [0.2, 0.25) is 0 Å². The molecule has 0 fully saturated rings. The summed E-state index contributed by atoms with van der Waals surface area (Å²) in [6.07, 6.45) is 4.49. The van der Waals surface area contributed by atoms with Crippen molar-refractivity contribution in [1.82, 2.24) is 0 Å². The molecule has 0 aromatic carbocycles. The summed E-state index contributed by atoms with van der Waals surface area (Å²) in [5.74, 6) is -1.46. The maximum Gasteiger partial charge on any atom is 0.313 e. The Labute approximate surface area is 102 Å². The molecule has 1 rings (SSSR count). The van der Waals surface area contributed by atoms with Crippen LogP contribution in [0.5, 0.6) is 0 Å². The van der Waals surface area contributed by atoms with Crippen LogP contribution < -0.4 is 0 Å². The van der Waals surface area contributed by atoms with Gasteiger partial charge in [-0.2, -0.15) is 0 Å². The largest absolute Gasteiger partial charge is 0.466 e. The first-order valence-corrected chi connectivity index (χ1v) is 6.11. The van der Waals surface area contributed by atoms with Crippen LogP contribution in [0.25, 0.3) is 0 Å². The zero-order valence-corrected chi connectivity index (χ0v) is 10.6. The van der Waals surface area contributed by atoms with Crippen molar-refractivity contribution >= 4 is 11.9 Å². The van der Waals surface area contributed by atoms with E-state index in [0.29, 0.717) is 13.2 Å². The zero-order valence-electron chi connectivity index (χ0n) is 10.6. The molecule has 0 saturated carbocycles. The fourth-order valence-electron chi connectivity index (χ4n) is 2.14. The fraction of sp³-hybridized carbons (Fsp3) is 0.692. The lowest BCUT2D eigenvalue weighted by Gasteiger charge is -2.29. The molecule has 0 saturated heterocycles. The molecule has 0 amide bonds. The van der Waals surface area contributed by atoms with Crippen molar-refractivity contribution in [2.75, 3.05) is 13.2 Å². The molecule has 4 nitrogen and oxygen atoms in total. The van der Waals surface area contributed by atoms with Crippen molar-refractivity contribution in [1.29, 1.82) is 0 Å². The van der Waals surface area contributed by atoms with Crippen molar-refractivity contribution in [3.8, 4) is 0 Å². The predicted molar refractivity (Wildman–Crippen MR) is 63.2 cm³/mol. The van der Waals surface area contributed by atoms with Gasteiger partial charge in [-0.15, -0.1) is 0 Å². The molecule has 0 aromatic heterocycles. The summed E-state index contributed by atoms with van der Waals surface area (Å²) in [6, 6.07) is 0. The third kappa shape index (κ3) is 3.32. The van der Waals surface area contributed by atoms with Crippen molar-refractivity contribution < 1.29 is 19.1 Å². The summed E-state index contributed by atoms with van der Waals surface area (Å²) < 4.78 is 10.0. The smallest absolute Gasteiger partial charge is 0.313 e. The highest BCUT2D eigenvalue weighted by atomic mass is 16.5. The quantitative estimate of drug-likeness (QED) is 0.556. The van der Waals surface area contributed by atoms with Crippen LogP contribution >= 0.6 is 0 Å². The first kappa shape index (κ1) is 13.7. The standard InChI is InChI=1S/C13H20O4/c1-4-16-12(14)10-8-6-7-9(3)11(10)13(15)17-5-2/h6,8-11H,4-5,7H2,1-3H3. The van der Waals surface area contributed by atoms with Gasteiger partial charge in [-0.05, 0) is 26.2 Å². The molecule has 17 heavy (non-hydrogen) atoms. The highest BCUT2D eigenvalue weighted by Crippen LogP contribution is 2.32. The molecule has 96 valence electrons. The lowest BCUT2D eigenvalue weighted by Crippen LogP contribution is -2.37. The number of allylic oxidation sites excluding steroid dienone is 1. The second-order valence-electron chi connectivity index (χ2n) is 4.20. The Morgan fingerprint density at radius 2 is 1.76 bits per heavy atom. The van der Waals surface area contributed by atoms with Crippen LogP contribution in [0.4, 0.5) is 0 Å². The first-order chi connectivity index (χ1) is 8.11. The van der Waals surface area contributed by atoms with Crippen LogP contribution in [-0.4, -0.2) is 25.2 Å². The second kappa shape index (κ2) is 6.42. The van der Waals surface area contributed by atoms with Crippen molar-refractivity contribution in [2.24, 2.45) is 17.8 Å². The Bertz CT molecular complexity index is 309. The minimum absolute atomic E-state index is 0.105. The number of hydrogen-bond donors (Lipinski definition) is 0. The molecule has 3 atom stereocenters. The predicted octanol–water partition coefficient (Wildman–Crippen LogP) is 1.94. The van der Waals surface area contributed by atoms with E-state index in [1.165, 1.54) is 0 Å². The van der Waals surface area contributed by atoms with Crippen LogP contribution in [0.3, 0.4) is 0 Å². The normalized spacial score (nSPS) is 27.6. The number of esters is 2. The van der Waals surface area contributed by atoms with E-state index >= 15 is 0 Å². The van der Waals surface area contributed by atoms with Gasteiger partial charge in [0.25, 0.3) is 0 Å². The zero-order chi connectivity index (χ0) is 12.8. The molecule has 0 aliphatic heterocycles. The monoisotopic (exact) mass is 240 g/mol. The number of ether oxygens (including phenoxy) is 2. The summed E-state index contributed by atoms with van der Waals surface area (Å²) in [7, 11) is 0. The molecule has 0 N–H and O–H groups in total. The van der Waals surface area contributed by atoms with Gasteiger partial charge >= 0.3 is 11.9 Å². The van der Waals surface area contributed by atoms with E-state index in [1.54, 1.807) is 19.9 Å². The van der Waals surface area contributed by atoms with Gasteiger partial charge in [0.1, 0.15) is 0 Å². The average molecular weight is 240 g/mol. The Morgan fingerprint density at radius 3 is 2.35 bits per heavy atom. The van der Waals surface area contributed by atoms with Gasteiger partial charge in [0.05, 0.1) is 25.0 Å². The van der Waals surface area contributed by atoms with E-state index < -0.39 is 11.8 Å². The Hall–Kier alpha value is -1.32. The highest BCUT2D eigenvalue weighted by molar-refractivity contribution is 5.84. The highest BCUT2D eigenvalue weighted by Gasteiger charge is 2.39. The van der Waals surface area contributed by atoms with E-state index in [1.807, 2.05) is 13.0 Å². The number of carbonyl (C=O) groups is 2. The summed E-state index contributed by atoms with van der Waals surface area (Å²) in [4.78, 5) is 23.6. The van der Waals surface area contributed by atoms with Crippen LogP contribution in [0, 0.1) is 17.8 Å².